The van der Waals surface area contributed by atoms with Crippen molar-refractivity contribution >= 4 is 5.91 Å². The number of pyridine rings is 1. The number of carbonyl (C=O) groups is 1. The third kappa shape index (κ3) is 2.89. The second-order valence-corrected chi connectivity index (χ2v) is 7.17. The molecule has 0 aliphatic carbocycles. The highest BCUT2D eigenvalue weighted by atomic mass is 16.5. The number of fused-ring (bicyclic) bond motifs is 1. The average molecular weight is 337 g/mol. The third-order valence-electron chi connectivity index (χ3n) is 5.29. The van der Waals surface area contributed by atoms with Crippen LogP contribution in [-0.4, -0.2) is 36.0 Å². The fourth-order valence-electron chi connectivity index (χ4n) is 3.83. The van der Waals surface area contributed by atoms with Gasteiger partial charge in [-0.3, -0.25) is 9.78 Å². The minimum Gasteiger partial charge on any atom is -0.497 e. The molecular formula is C20H23N3O2. The number of nitrogens with one attached hydrogen (secondary N) is 1. The largest absolute Gasteiger partial charge is 0.497 e. The number of hydrogen-bond acceptors (Lipinski definition) is 4. The molecule has 0 atom stereocenters. The Morgan fingerprint density at radius 1 is 1.28 bits per heavy atom. The summed E-state index contributed by atoms with van der Waals surface area (Å²) in [4.78, 5) is 19.6. The van der Waals surface area contributed by atoms with Crippen LogP contribution in [-0.2, 0) is 24.3 Å². The summed E-state index contributed by atoms with van der Waals surface area (Å²) in [5, 5.41) is 3.29. The van der Waals surface area contributed by atoms with Gasteiger partial charge in [0.1, 0.15) is 5.75 Å². The zero-order valence-corrected chi connectivity index (χ0v) is 14.7. The Hall–Kier alpha value is -2.40. The maximum Gasteiger partial charge on any atom is 0.232 e. The molecule has 4 rings (SSSR count). The van der Waals surface area contributed by atoms with E-state index in [1.807, 2.05) is 36.2 Å². The van der Waals surface area contributed by atoms with Gasteiger partial charge in [-0.1, -0.05) is 12.1 Å². The summed E-state index contributed by atoms with van der Waals surface area (Å²) in [5.74, 6) is 1.07. The molecule has 1 amide bonds. The molecule has 1 aromatic heterocycles. The van der Waals surface area contributed by atoms with Gasteiger partial charge in [-0.25, -0.2) is 0 Å². The molecule has 0 unspecified atom stereocenters. The van der Waals surface area contributed by atoms with Crippen molar-refractivity contribution in [3.63, 3.8) is 0 Å². The molecule has 1 saturated heterocycles. The van der Waals surface area contributed by atoms with Crippen LogP contribution in [0.3, 0.4) is 0 Å². The number of amides is 1. The van der Waals surface area contributed by atoms with Crippen LogP contribution in [0.4, 0.5) is 0 Å². The molecule has 2 aliphatic heterocycles. The number of aryl methyl sites for hydroxylation is 1. The first-order valence-corrected chi connectivity index (χ1v) is 8.67. The van der Waals surface area contributed by atoms with Crippen molar-refractivity contribution in [2.75, 3.05) is 20.2 Å². The van der Waals surface area contributed by atoms with Gasteiger partial charge in [0.15, 0.2) is 0 Å². The molecule has 3 heterocycles. The zero-order valence-electron chi connectivity index (χ0n) is 14.7. The number of benzene rings is 1. The van der Waals surface area contributed by atoms with Gasteiger partial charge < -0.3 is 15.0 Å². The maximum atomic E-state index is 13.3. The molecule has 2 aromatic rings. The molecule has 25 heavy (non-hydrogen) atoms. The Bertz CT molecular complexity index is 814. The van der Waals surface area contributed by atoms with E-state index in [2.05, 4.69) is 22.4 Å². The second kappa shape index (κ2) is 6.15. The van der Waals surface area contributed by atoms with E-state index in [1.54, 1.807) is 7.11 Å². The Morgan fingerprint density at radius 3 is 2.80 bits per heavy atom. The van der Waals surface area contributed by atoms with Crippen molar-refractivity contribution in [3.05, 3.63) is 58.9 Å². The Morgan fingerprint density at radius 2 is 2.08 bits per heavy atom. The van der Waals surface area contributed by atoms with Crippen molar-refractivity contribution < 1.29 is 9.53 Å². The molecule has 0 radical (unpaired) electrons. The van der Waals surface area contributed by atoms with E-state index in [9.17, 15) is 4.79 Å². The molecular weight excluding hydrogens is 314 g/mol. The van der Waals surface area contributed by atoms with E-state index in [4.69, 9.17) is 4.74 Å². The van der Waals surface area contributed by atoms with Crippen LogP contribution in [0.5, 0.6) is 5.75 Å². The smallest absolute Gasteiger partial charge is 0.232 e. The van der Waals surface area contributed by atoms with Crippen molar-refractivity contribution in [2.45, 2.75) is 26.4 Å². The van der Waals surface area contributed by atoms with Crippen molar-refractivity contribution in [3.8, 4) is 5.75 Å². The monoisotopic (exact) mass is 337 g/mol. The van der Waals surface area contributed by atoms with Crippen LogP contribution >= 0.6 is 0 Å². The number of hydrogen-bond donors (Lipinski definition) is 1. The number of nitrogens with zero attached hydrogens (tertiary/aromatic N) is 2. The van der Waals surface area contributed by atoms with Gasteiger partial charge >= 0.3 is 0 Å². The van der Waals surface area contributed by atoms with Crippen LogP contribution in [0.25, 0.3) is 0 Å². The molecule has 1 fully saturated rings. The Kier molecular flexibility index (Phi) is 3.96. The zero-order chi connectivity index (χ0) is 17.4. The maximum absolute atomic E-state index is 13.3. The van der Waals surface area contributed by atoms with Gasteiger partial charge in [0.2, 0.25) is 5.91 Å². The summed E-state index contributed by atoms with van der Waals surface area (Å²) < 4.78 is 5.32. The molecule has 0 saturated carbocycles. The van der Waals surface area contributed by atoms with Crippen LogP contribution in [0, 0.1) is 12.3 Å². The number of carbonyl (C=O) groups excluding carboxylic acids is 1. The topological polar surface area (TPSA) is 54.5 Å². The summed E-state index contributed by atoms with van der Waals surface area (Å²) in [7, 11) is 1.67. The lowest BCUT2D eigenvalue weighted by Gasteiger charge is -2.43. The van der Waals surface area contributed by atoms with Crippen molar-refractivity contribution in [1.82, 2.24) is 15.2 Å². The Labute approximate surface area is 148 Å². The quantitative estimate of drug-likeness (QED) is 0.928. The molecule has 0 spiro atoms. The van der Waals surface area contributed by atoms with E-state index >= 15 is 0 Å². The lowest BCUT2D eigenvalue weighted by Crippen LogP contribution is -2.62. The fraction of sp³-hybridized carbons (Fsp3) is 0.400. The molecule has 5 heteroatoms. The highest BCUT2D eigenvalue weighted by Gasteiger charge is 2.47. The lowest BCUT2D eigenvalue weighted by molar-refractivity contribution is -0.146. The van der Waals surface area contributed by atoms with E-state index in [-0.39, 0.29) is 11.3 Å². The van der Waals surface area contributed by atoms with Crippen LogP contribution in [0.1, 0.15) is 22.4 Å². The predicted molar refractivity (Wildman–Crippen MR) is 95.2 cm³/mol. The summed E-state index contributed by atoms with van der Waals surface area (Å²) in [5.41, 5.74) is 4.19. The minimum atomic E-state index is -0.350. The van der Waals surface area contributed by atoms with Crippen molar-refractivity contribution in [1.29, 1.82) is 0 Å². The average Bonchev–Trinajstić information content (AvgIpc) is 3.00. The fourth-order valence-corrected chi connectivity index (χ4v) is 3.83. The molecule has 1 N–H and O–H groups in total. The lowest BCUT2D eigenvalue weighted by atomic mass is 9.75. The highest BCUT2D eigenvalue weighted by molar-refractivity contribution is 5.85. The second-order valence-electron chi connectivity index (χ2n) is 7.17. The first-order valence-electron chi connectivity index (χ1n) is 8.67. The van der Waals surface area contributed by atoms with E-state index in [0.717, 1.165) is 36.5 Å². The van der Waals surface area contributed by atoms with Crippen molar-refractivity contribution in [2.24, 2.45) is 5.41 Å². The van der Waals surface area contributed by atoms with Crippen LogP contribution in [0.15, 0.2) is 36.5 Å². The number of rotatable bonds is 4. The standard InChI is InChI=1S/C20H23N3O2/c1-14-6-16-10-23(11-17(16)9-22-14)19(24)20(12-21-13-20)8-15-4-3-5-18(7-15)25-2/h3-7,9,21H,8,10-13H2,1-2H3. The van der Waals surface area contributed by atoms with E-state index < -0.39 is 0 Å². The van der Waals surface area contributed by atoms with Gasteiger partial charge in [-0.05, 0) is 48.2 Å². The van der Waals surface area contributed by atoms with E-state index in [0.29, 0.717) is 13.1 Å². The number of aromatic nitrogens is 1. The molecule has 130 valence electrons. The predicted octanol–water partition coefficient (Wildman–Crippen LogP) is 2.07. The van der Waals surface area contributed by atoms with E-state index in [1.165, 1.54) is 11.1 Å². The van der Waals surface area contributed by atoms with Gasteiger partial charge in [-0.2, -0.15) is 0 Å². The number of methoxy groups -OCH3 is 1. The summed E-state index contributed by atoms with van der Waals surface area (Å²) in [6, 6.07) is 10.1. The number of ether oxygens (including phenoxy) is 1. The normalized spacial score (nSPS) is 17.8. The Balaban J connectivity index is 1.53. The van der Waals surface area contributed by atoms with Gasteiger partial charge in [0.05, 0.1) is 12.5 Å². The van der Waals surface area contributed by atoms with Crippen LogP contribution < -0.4 is 10.1 Å². The van der Waals surface area contributed by atoms with Crippen LogP contribution in [0.2, 0.25) is 0 Å². The van der Waals surface area contributed by atoms with Gasteiger partial charge in [0, 0.05) is 38.1 Å². The summed E-state index contributed by atoms with van der Waals surface area (Å²) in [6.07, 6.45) is 2.64. The third-order valence-corrected chi connectivity index (χ3v) is 5.29. The summed E-state index contributed by atoms with van der Waals surface area (Å²) in [6.45, 7) is 4.81. The molecule has 2 aliphatic rings. The first-order chi connectivity index (χ1) is 12.1. The molecule has 1 aromatic carbocycles. The molecule has 0 bridgehead atoms. The SMILES string of the molecule is COc1cccc(CC2(C(=O)N3Cc4cnc(C)cc4C3)CNC2)c1. The minimum absolute atomic E-state index is 0.239. The molecule has 5 nitrogen and oxygen atoms in total. The van der Waals surface area contributed by atoms with Gasteiger partial charge in [-0.15, -0.1) is 0 Å². The first kappa shape index (κ1) is 16.1. The highest BCUT2D eigenvalue weighted by Crippen LogP contribution is 2.34. The van der Waals surface area contributed by atoms with Gasteiger partial charge in [0.25, 0.3) is 0 Å². The summed E-state index contributed by atoms with van der Waals surface area (Å²) >= 11 is 0.